The van der Waals surface area contributed by atoms with E-state index in [0.29, 0.717) is 38.3 Å². The summed E-state index contributed by atoms with van der Waals surface area (Å²) in [4.78, 5) is 32.5. The van der Waals surface area contributed by atoms with Crippen LogP contribution < -0.4 is 10.3 Å². The number of aromatic nitrogens is 2. The Kier molecular flexibility index (Phi) is 6.77. The number of carbonyl (C=O) groups excluding carboxylic acids is 1. The van der Waals surface area contributed by atoms with Gasteiger partial charge in [-0.2, -0.15) is 0 Å². The molecular formula is C28H26FN3O4. The number of nitrogens with zero attached hydrogens (tertiary/aromatic N) is 3. The van der Waals surface area contributed by atoms with Gasteiger partial charge in [0.2, 0.25) is 0 Å². The fourth-order valence-corrected chi connectivity index (χ4v) is 4.60. The van der Waals surface area contributed by atoms with Crippen LogP contribution in [0.1, 0.15) is 27.2 Å². The summed E-state index contributed by atoms with van der Waals surface area (Å²) < 4.78 is 25.8. The summed E-state index contributed by atoms with van der Waals surface area (Å²) in [6, 6.07) is 17.4. The monoisotopic (exact) mass is 487 g/mol. The summed E-state index contributed by atoms with van der Waals surface area (Å²) in [7, 11) is 1.31. The predicted molar refractivity (Wildman–Crippen MR) is 133 cm³/mol. The van der Waals surface area contributed by atoms with Gasteiger partial charge in [-0.15, -0.1) is 0 Å². The number of hydrogen-bond donors (Lipinski definition) is 0. The molecule has 0 atom stereocenters. The van der Waals surface area contributed by atoms with E-state index in [-0.39, 0.29) is 29.3 Å². The molecule has 0 unspecified atom stereocenters. The average Bonchev–Trinajstić information content (AvgIpc) is 3.11. The molecule has 4 aromatic rings. The molecule has 184 valence electrons. The van der Waals surface area contributed by atoms with Gasteiger partial charge < -0.3 is 14.0 Å². The molecule has 0 amide bonds. The number of benzene rings is 2. The second-order valence-corrected chi connectivity index (χ2v) is 8.78. The Balaban J connectivity index is 1.39. The van der Waals surface area contributed by atoms with Gasteiger partial charge in [-0.3, -0.25) is 14.7 Å². The maximum absolute atomic E-state index is 13.2. The summed E-state index contributed by atoms with van der Waals surface area (Å²) in [6.45, 7) is 2.56. The fraction of sp³-hybridized carbons (Fsp3) is 0.250. The van der Waals surface area contributed by atoms with Gasteiger partial charge in [0.1, 0.15) is 23.7 Å². The molecule has 1 aliphatic rings. The van der Waals surface area contributed by atoms with Gasteiger partial charge in [0.05, 0.1) is 12.6 Å². The molecule has 0 N–H and O–H groups in total. The van der Waals surface area contributed by atoms with Crippen LogP contribution in [0.25, 0.3) is 10.9 Å². The molecule has 0 saturated heterocycles. The van der Waals surface area contributed by atoms with Gasteiger partial charge in [-0.05, 0) is 35.4 Å². The molecule has 8 heteroatoms. The normalized spacial score (nSPS) is 13.7. The fourth-order valence-electron chi connectivity index (χ4n) is 4.60. The lowest BCUT2D eigenvalue weighted by atomic mass is 10.1. The zero-order valence-corrected chi connectivity index (χ0v) is 19.9. The first kappa shape index (κ1) is 23.7. The molecule has 0 radical (unpaired) electrons. The van der Waals surface area contributed by atoms with Crippen molar-refractivity contribution in [2.45, 2.75) is 26.1 Å². The van der Waals surface area contributed by atoms with Crippen LogP contribution >= 0.6 is 0 Å². The Hall–Kier alpha value is -4.04. The lowest BCUT2D eigenvalue weighted by Gasteiger charge is -2.19. The summed E-state index contributed by atoms with van der Waals surface area (Å²) in [6.07, 6.45) is 2.27. The minimum absolute atomic E-state index is 0.0926. The van der Waals surface area contributed by atoms with E-state index in [1.165, 1.54) is 25.3 Å². The first-order valence-electron chi connectivity index (χ1n) is 11.8. The van der Waals surface area contributed by atoms with Crippen molar-refractivity contribution in [1.82, 2.24) is 14.5 Å². The molecule has 7 nitrogen and oxygen atoms in total. The average molecular weight is 488 g/mol. The summed E-state index contributed by atoms with van der Waals surface area (Å²) >= 11 is 0. The van der Waals surface area contributed by atoms with Crippen molar-refractivity contribution in [3.8, 4) is 5.75 Å². The van der Waals surface area contributed by atoms with E-state index in [9.17, 15) is 14.0 Å². The maximum Gasteiger partial charge on any atom is 0.343 e. The quantitative estimate of drug-likeness (QED) is 0.384. The lowest BCUT2D eigenvalue weighted by molar-refractivity contribution is 0.0592. The van der Waals surface area contributed by atoms with Crippen molar-refractivity contribution in [2.75, 3.05) is 20.2 Å². The third-order valence-electron chi connectivity index (χ3n) is 6.46. The number of pyridine rings is 2. The van der Waals surface area contributed by atoms with Crippen LogP contribution in [0, 0.1) is 5.82 Å². The van der Waals surface area contributed by atoms with Crippen molar-refractivity contribution in [3.63, 3.8) is 0 Å². The van der Waals surface area contributed by atoms with Crippen LogP contribution in [0.3, 0.4) is 0 Å². The summed E-state index contributed by atoms with van der Waals surface area (Å²) in [5.41, 5.74) is 3.43. The highest BCUT2D eigenvalue weighted by Gasteiger charge is 2.26. The van der Waals surface area contributed by atoms with Gasteiger partial charge in [0, 0.05) is 55.9 Å². The highest BCUT2D eigenvalue weighted by Crippen LogP contribution is 2.25. The Bertz CT molecular complexity index is 1470. The zero-order valence-electron chi connectivity index (χ0n) is 19.9. The molecule has 36 heavy (non-hydrogen) atoms. The van der Waals surface area contributed by atoms with E-state index in [1.54, 1.807) is 22.9 Å². The maximum atomic E-state index is 13.2. The van der Waals surface area contributed by atoms with E-state index < -0.39 is 5.97 Å². The van der Waals surface area contributed by atoms with Crippen molar-refractivity contribution in [3.05, 3.63) is 105 Å². The van der Waals surface area contributed by atoms with Crippen molar-refractivity contribution >= 4 is 16.9 Å². The van der Waals surface area contributed by atoms with Gasteiger partial charge >= 0.3 is 5.97 Å². The number of methoxy groups -OCH3 is 1. The highest BCUT2D eigenvalue weighted by atomic mass is 19.1. The molecule has 0 bridgehead atoms. The van der Waals surface area contributed by atoms with Crippen LogP contribution in [-0.2, 0) is 30.9 Å². The second kappa shape index (κ2) is 10.3. The van der Waals surface area contributed by atoms with E-state index in [2.05, 4.69) is 28.1 Å². The predicted octanol–water partition coefficient (Wildman–Crippen LogP) is 3.96. The molecule has 1 aliphatic heterocycles. The Labute approximate surface area is 207 Å². The molecule has 3 heterocycles. The van der Waals surface area contributed by atoms with Gasteiger partial charge in [-0.1, -0.05) is 30.3 Å². The van der Waals surface area contributed by atoms with Crippen molar-refractivity contribution < 1.29 is 18.7 Å². The number of rotatable bonds is 6. The number of hydrogen-bond acceptors (Lipinski definition) is 6. The molecule has 2 aromatic carbocycles. The molecule has 0 fully saturated rings. The minimum atomic E-state index is -0.554. The molecule has 0 spiro atoms. The zero-order chi connectivity index (χ0) is 25.1. The summed E-state index contributed by atoms with van der Waals surface area (Å²) in [5.74, 6) is -0.722. The van der Waals surface area contributed by atoms with E-state index in [0.717, 1.165) is 22.0 Å². The largest absolute Gasteiger partial charge is 0.488 e. The standard InChI is InChI=1S/C28H26FN3O4/c1-35-28(34)27-24-10-12-31(17-20-4-7-21-3-2-11-30-23(21)15-20)13-14-32(24)26(33)16-25(27)36-18-19-5-8-22(29)9-6-19/h2-9,11,15-16H,10,12-14,17-18H2,1H3. The van der Waals surface area contributed by atoms with Gasteiger partial charge in [0.15, 0.2) is 0 Å². The van der Waals surface area contributed by atoms with Gasteiger partial charge in [0.25, 0.3) is 5.56 Å². The van der Waals surface area contributed by atoms with E-state index in [4.69, 9.17) is 9.47 Å². The minimum Gasteiger partial charge on any atom is -0.488 e. The number of halogens is 1. The molecule has 0 saturated carbocycles. The molecule has 0 aliphatic carbocycles. The number of fused-ring (bicyclic) bond motifs is 2. The van der Waals surface area contributed by atoms with Crippen LogP contribution in [0.5, 0.6) is 5.75 Å². The third kappa shape index (κ3) is 4.99. The second-order valence-electron chi connectivity index (χ2n) is 8.78. The summed E-state index contributed by atoms with van der Waals surface area (Å²) in [5, 5.41) is 1.09. The Morgan fingerprint density at radius 1 is 1.03 bits per heavy atom. The van der Waals surface area contributed by atoms with Crippen LogP contribution in [0.2, 0.25) is 0 Å². The molecular weight excluding hydrogens is 461 g/mol. The molecule has 5 rings (SSSR count). The number of esters is 1. The van der Waals surface area contributed by atoms with Crippen LogP contribution in [-0.4, -0.2) is 40.6 Å². The third-order valence-corrected chi connectivity index (χ3v) is 6.46. The Morgan fingerprint density at radius 3 is 2.64 bits per heavy atom. The van der Waals surface area contributed by atoms with Gasteiger partial charge in [-0.25, -0.2) is 9.18 Å². The SMILES string of the molecule is COC(=O)c1c(OCc2ccc(F)cc2)cc(=O)n2c1CCN(Cc1ccc3cccnc3c1)CC2. The van der Waals surface area contributed by atoms with E-state index in [1.807, 2.05) is 12.1 Å². The van der Waals surface area contributed by atoms with Crippen LogP contribution in [0.4, 0.5) is 4.39 Å². The number of carbonyl (C=O) groups is 1. The topological polar surface area (TPSA) is 73.7 Å². The highest BCUT2D eigenvalue weighted by molar-refractivity contribution is 5.93. The number of ether oxygens (including phenoxy) is 2. The first-order valence-corrected chi connectivity index (χ1v) is 11.8. The smallest absolute Gasteiger partial charge is 0.343 e. The van der Waals surface area contributed by atoms with Crippen molar-refractivity contribution in [1.29, 1.82) is 0 Å². The first-order chi connectivity index (χ1) is 17.5. The Morgan fingerprint density at radius 2 is 1.83 bits per heavy atom. The van der Waals surface area contributed by atoms with Crippen LogP contribution in [0.15, 0.2) is 71.7 Å². The lowest BCUT2D eigenvalue weighted by Crippen LogP contribution is -2.29. The molecule has 2 aromatic heterocycles. The van der Waals surface area contributed by atoms with E-state index >= 15 is 0 Å². The van der Waals surface area contributed by atoms with Crippen molar-refractivity contribution in [2.24, 2.45) is 0 Å².